The SMILES string of the molecule is CC(C)(CNS(=O)(=O)c1cncc(Br)c1)c1ccccc1. The molecule has 2 aromatic rings. The second-order valence-electron chi connectivity index (χ2n) is 5.41. The van der Waals surface area contributed by atoms with Gasteiger partial charge in [-0.25, -0.2) is 13.1 Å². The van der Waals surface area contributed by atoms with E-state index in [0.29, 0.717) is 11.0 Å². The Balaban J connectivity index is 2.15. The van der Waals surface area contributed by atoms with Crippen LogP contribution < -0.4 is 4.72 Å². The van der Waals surface area contributed by atoms with Crippen LogP contribution in [0.1, 0.15) is 19.4 Å². The molecule has 4 nitrogen and oxygen atoms in total. The largest absolute Gasteiger partial charge is 0.262 e. The van der Waals surface area contributed by atoms with Gasteiger partial charge in [0, 0.05) is 28.8 Å². The van der Waals surface area contributed by atoms with E-state index in [1.807, 2.05) is 44.2 Å². The van der Waals surface area contributed by atoms with Gasteiger partial charge in [-0.05, 0) is 27.6 Å². The summed E-state index contributed by atoms with van der Waals surface area (Å²) in [5.74, 6) is 0. The molecule has 0 saturated carbocycles. The lowest BCUT2D eigenvalue weighted by molar-refractivity contribution is 0.501. The average Bonchev–Trinajstić information content (AvgIpc) is 2.46. The molecule has 0 spiro atoms. The summed E-state index contributed by atoms with van der Waals surface area (Å²) in [6.07, 6.45) is 2.88. The summed E-state index contributed by atoms with van der Waals surface area (Å²) in [6.45, 7) is 4.32. The van der Waals surface area contributed by atoms with Crippen LogP contribution in [0.5, 0.6) is 0 Å². The van der Waals surface area contributed by atoms with Gasteiger partial charge in [0.1, 0.15) is 4.90 Å². The lowest BCUT2D eigenvalue weighted by Gasteiger charge is -2.25. The average molecular weight is 369 g/mol. The zero-order valence-electron chi connectivity index (χ0n) is 11.9. The standard InChI is InChI=1S/C15H17BrN2O2S/c1-15(2,12-6-4-3-5-7-12)11-18-21(19,20)14-8-13(16)9-17-10-14/h3-10,18H,11H2,1-2H3. The van der Waals surface area contributed by atoms with Crippen molar-refractivity contribution in [2.24, 2.45) is 0 Å². The van der Waals surface area contributed by atoms with Gasteiger partial charge in [-0.3, -0.25) is 4.98 Å². The number of halogens is 1. The molecular formula is C15H17BrN2O2S. The maximum absolute atomic E-state index is 12.3. The number of hydrogen-bond acceptors (Lipinski definition) is 3. The van der Waals surface area contributed by atoms with Crippen molar-refractivity contribution in [2.45, 2.75) is 24.2 Å². The molecule has 1 N–H and O–H groups in total. The molecule has 1 aromatic heterocycles. The minimum absolute atomic E-state index is 0.153. The second kappa shape index (κ2) is 6.25. The smallest absolute Gasteiger partial charge is 0.242 e. The number of rotatable bonds is 5. The molecule has 0 aliphatic heterocycles. The van der Waals surface area contributed by atoms with Crippen LogP contribution in [0.25, 0.3) is 0 Å². The Bertz CT molecular complexity index is 715. The van der Waals surface area contributed by atoms with Gasteiger partial charge in [0.25, 0.3) is 0 Å². The van der Waals surface area contributed by atoms with Gasteiger partial charge in [-0.1, -0.05) is 44.2 Å². The highest BCUT2D eigenvalue weighted by Crippen LogP contribution is 2.23. The highest BCUT2D eigenvalue weighted by molar-refractivity contribution is 9.10. The Morgan fingerprint density at radius 1 is 1.19 bits per heavy atom. The zero-order chi connectivity index (χ0) is 15.5. The van der Waals surface area contributed by atoms with Crippen LogP contribution in [0.15, 0.2) is 58.2 Å². The van der Waals surface area contributed by atoms with Crippen molar-refractivity contribution in [3.63, 3.8) is 0 Å². The van der Waals surface area contributed by atoms with Crippen LogP contribution in [0.2, 0.25) is 0 Å². The first kappa shape index (κ1) is 16.1. The van der Waals surface area contributed by atoms with Gasteiger partial charge in [0.2, 0.25) is 10.0 Å². The molecule has 0 saturated heterocycles. The monoisotopic (exact) mass is 368 g/mol. The Morgan fingerprint density at radius 3 is 2.48 bits per heavy atom. The van der Waals surface area contributed by atoms with Crippen molar-refractivity contribution < 1.29 is 8.42 Å². The zero-order valence-corrected chi connectivity index (χ0v) is 14.3. The van der Waals surface area contributed by atoms with E-state index in [2.05, 4.69) is 25.6 Å². The number of aromatic nitrogens is 1. The van der Waals surface area contributed by atoms with E-state index in [9.17, 15) is 8.42 Å². The van der Waals surface area contributed by atoms with Crippen molar-refractivity contribution in [2.75, 3.05) is 6.54 Å². The minimum atomic E-state index is -3.57. The highest BCUT2D eigenvalue weighted by atomic mass is 79.9. The Kier molecular flexibility index (Phi) is 4.81. The molecule has 0 atom stereocenters. The van der Waals surface area contributed by atoms with Gasteiger partial charge >= 0.3 is 0 Å². The first-order valence-electron chi connectivity index (χ1n) is 6.47. The lowest BCUT2D eigenvalue weighted by Crippen LogP contribution is -2.36. The maximum Gasteiger partial charge on any atom is 0.242 e. The quantitative estimate of drug-likeness (QED) is 0.881. The number of benzene rings is 1. The molecule has 0 aliphatic carbocycles. The molecule has 21 heavy (non-hydrogen) atoms. The maximum atomic E-state index is 12.3. The highest BCUT2D eigenvalue weighted by Gasteiger charge is 2.24. The second-order valence-corrected chi connectivity index (χ2v) is 8.10. The summed E-state index contributed by atoms with van der Waals surface area (Å²) in [5, 5.41) is 0. The number of nitrogens with one attached hydrogen (secondary N) is 1. The Hall–Kier alpha value is -1.24. The summed E-state index contributed by atoms with van der Waals surface area (Å²) >= 11 is 3.23. The number of pyridine rings is 1. The fourth-order valence-corrected chi connectivity index (χ4v) is 3.61. The van der Waals surface area contributed by atoms with E-state index in [1.165, 1.54) is 12.3 Å². The van der Waals surface area contributed by atoms with Crippen LogP contribution in [-0.2, 0) is 15.4 Å². The van der Waals surface area contributed by atoms with E-state index < -0.39 is 10.0 Å². The first-order valence-corrected chi connectivity index (χ1v) is 8.75. The molecule has 112 valence electrons. The van der Waals surface area contributed by atoms with Crippen molar-refractivity contribution in [1.29, 1.82) is 0 Å². The number of hydrogen-bond donors (Lipinski definition) is 1. The van der Waals surface area contributed by atoms with Crippen molar-refractivity contribution >= 4 is 26.0 Å². The number of nitrogens with zero attached hydrogens (tertiary/aromatic N) is 1. The lowest BCUT2D eigenvalue weighted by atomic mass is 9.85. The fraction of sp³-hybridized carbons (Fsp3) is 0.267. The van der Waals surface area contributed by atoms with Crippen LogP contribution in [-0.4, -0.2) is 19.9 Å². The molecule has 0 aliphatic rings. The third-order valence-electron chi connectivity index (χ3n) is 3.25. The van der Waals surface area contributed by atoms with Gasteiger partial charge < -0.3 is 0 Å². The van der Waals surface area contributed by atoms with Gasteiger partial charge in [0.15, 0.2) is 0 Å². The molecule has 6 heteroatoms. The molecule has 1 heterocycles. The summed E-state index contributed by atoms with van der Waals surface area (Å²) in [6, 6.07) is 11.4. The molecule has 0 bridgehead atoms. The van der Waals surface area contributed by atoms with E-state index in [-0.39, 0.29) is 10.3 Å². The predicted molar refractivity (Wildman–Crippen MR) is 86.6 cm³/mol. The van der Waals surface area contributed by atoms with Crippen molar-refractivity contribution in [3.05, 3.63) is 58.8 Å². The number of sulfonamides is 1. The van der Waals surface area contributed by atoms with E-state index in [4.69, 9.17) is 0 Å². The molecule has 0 fully saturated rings. The van der Waals surface area contributed by atoms with Crippen LogP contribution >= 0.6 is 15.9 Å². The van der Waals surface area contributed by atoms with Crippen molar-refractivity contribution in [3.8, 4) is 0 Å². The van der Waals surface area contributed by atoms with Crippen LogP contribution in [0.3, 0.4) is 0 Å². The molecule has 0 unspecified atom stereocenters. The van der Waals surface area contributed by atoms with Crippen LogP contribution in [0, 0.1) is 0 Å². The van der Waals surface area contributed by atoms with Gasteiger partial charge in [-0.15, -0.1) is 0 Å². The molecule has 0 amide bonds. The summed E-state index contributed by atoms with van der Waals surface area (Å²) in [5.41, 5.74) is 0.786. The van der Waals surface area contributed by atoms with Gasteiger partial charge in [0.05, 0.1) is 0 Å². The summed E-state index contributed by atoms with van der Waals surface area (Å²) < 4.78 is 27.9. The van der Waals surface area contributed by atoms with E-state index >= 15 is 0 Å². The summed E-state index contributed by atoms with van der Waals surface area (Å²) in [7, 11) is -3.57. The Morgan fingerprint density at radius 2 is 1.86 bits per heavy atom. The van der Waals surface area contributed by atoms with Crippen molar-refractivity contribution in [1.82, 2.24) is 9.71 Å². The van der Waals surface area contributed by atoms with Crippen LogP contribution in [0.4, 0.5) is 0 Å². The molecule has 2 rings (SSSR count). The Labute approximate surface area is 133 Å². The van der Waals surface area contributed by atoms with Gasteiger partial charge in [-0.2, -0.15) is 0 Å². The molecular weight excluding hydrogens is 352 g/mol. The van der Waals surface area contributed by atoms with E-state index in [1.54, 1.807) is 6.20 Å². The molecule has 1 aromatic carbocycles. The fourth-order valence-electron chi connectivity index (χ4n) is 1.89. The third-order valence-corrected chi connectivity index (χ3v) is 5.05. The molecule has 0 radical (unpaired) electrons. The predicted octanol–water partition coefficient (Wildman–Crippen LogP) is 3.10. The topological polar surface area (TPSA) is 59.1 Å². The normalized spacial score (nSPS) is 12.3. The minimum Gasteiger partial charge on any atom is -0.262 e. The first-order chi connectivity index (χ1) is 9.81. The summed E-state index contributed by atoms with van der Waals surface area (Å²) in [4.78, 5) is 4.04. The van der Waals surface area contributed by atoms with E-state index in [0.717, 1.165) is 5.56 Å². The third kappa shape index (κ3) is 4.12.